The summed E-state index contributed by atoms with van der Waals surface area (Å²) in [5.74, 6) is 0.956. The first-order chi connectivity index (χ1) is 4.13. The SMILES string of the molecule is CC1=NC(Cl)N(C)N1C.Cl. The Labute approximate surface area is 72.0 Å². The highest BCUT2D eigenvalue weighted by atomic mass is 35.5. The normalized spacial score (nSPS) is 26.2. The maximum Gasteiger partial charge on any atom is 0.196 e. The van der Waals surface area contributed by atoms with E-state index in [2.05, 4.69) is 4.99 Å². The Bertz CT molecular complexity index is 148. The van der Waals surface area contributed by atoms with Crippen molar-refractivity contribution in [3.8, 4) is 0 Å². The molecule has 1 aliphatic rings. The molecule has 0 saturated heterocycles. The van der Waals surface area contributed by atoms with Crippen LogP contribution in [0.1, 0.15) is 6.92 Å². The minimum atomic E-state index is -0.213. The lowest BCUT2D eigenvalue weighted by molar-refractivity contribution is 0.117. The van der Waals surface area contributed by atoms with E-state index in [1.807, 2.05) is 31.0 Å². The van der Waals surface area contributed by atoms with Crippen molar-refractivity contribution in [2.45, 2.75) is 12.5 Å². The molecule has 0 fully saturated rings. The minimum absolute atomic E-state index is 0. The molecule has 0 amide bonds. The Morgan fingerprint density at radius 3 is 2.10 bits per heavy atom. The van der Waals surface area contributed by atoms with Crippen molar-refractivity contribution in [2.24, 2.45) is 4.99 Å². The van der Waals surface area contributed by atoms with E-state index in [1.54, 1.807) is 0 Å². The summed E-state index contributed by atoms with van der Waals surface area (Å²) < 4.78 is 0. The summed E-state index contributed by atoms with van der Waals surface area (Å²) >= 11 is 5.75. The van der Waals surface area contributed by atoms with E-state index in [-0.39, 0.29) is 18.0 Å². The third-order valence-corrected chi connectivity index (χ3v) is 1.92. The maximum absolute atomic E-state index is 5.75. The average molecular weight is 184 g/mol. The Balaban J connectivity index is 0.000000810. The fourth-order valence-electron chi connectivity index (χ4n) is 0.692. The van der Waals surface area contributed by atoms with Crippen molar-refractivity contribution in [2.75, 3.05) is 14.1 Å². The van der Waals surface area contributed by atoms with Gasteiger partial charge in [0.15, 0.2) is 5.62 Å². The van der Waals surface area contributed by atoms with Gasteiger partial charge in [-0.1, -0.05) is 11.6 Å². The molecule has 0 bridgehead atoms. The molecule has 10 heavy (non-hydrogen) atoms. The van der Waals surface area contributed by atoms with Crippen LogP contribution in [0.25, 0.3) is 0 Å². The van der Waals surface area contributed by atoms with Gasteiger partial charge in [-0.3, -0.25) is 5.01 Å². The van der Waals surface area contributed by atoms with Crippen LogP contribution in [-0.4, -0.2) is 35.6 Å². The third-order valence-electron chi connectivity index (χ3n) is 1.54. The molecule has 0 radical (unpaired) electrons. The van der Waals surface area contributed by atoms with Crippen LogP contribution in [0.4, 0.5) is 0 Å². The fourth-order valence-corrected chi connectivity index (χ4v) is 0.965. The van der Waals surface area contributed by atoms with E-state index >= 15 is 0 Å². The van der Waals surface area contributed by atoms with Crippen molar-refractivity contribution in [1.29, 1.82) is 0 Å². The second kappa shape index (κ2) is 3.42. The molecular weight excluding hydrogens is 173 g/mol. The van der Waals surface area contributed by atoms with Crippen LogP contribution in [0, 0.1) is 0 Å². The molecule has 0 aromatic carbocycles. The summed E-state index contributed by atoms with van der Waals surface area (Å²) in [5, 5.41) is 3.77. The van der Waals surface area contributed by atoms with Crippen LogP contribution in [0.3, 0.4) is 0 Å². The number of rotatable bonds is 0. The number of nitrogens with zero attached hydrogens (tertiary/aromatic N) is 3. The molecule has 0 spiro atoms. The van der Waals surface area contributed by atoms with E-state index < -0.39 is 0 Å². The Morgan fingerprint density at radius 2 is 2.00 bits per heavy atom. The van der Waals surface area contributed by atoms with Gasteiger partial charge in [-0.2, -0.15) is 5.01 Å². The van der Waals surface area contributed by atoms with Crippen molar-refractivity contribution < 1.29 is 0 Å². The molecule has 1 aliphatic heterocycles. The van der Waals surface area contributed by atoms with Gasteiger partial charge in [0.2, 0.25) is 0 Å². The zero-order chi connectivity index (χ0) is 7.02. The first kappa shape index (κ1) is 10.0. The van der Waals surface area contributed by atoms with E-state index in [0.717, 1.165) is 5.84 Å². The third kappa shape index (κ3) is 1.54. The smallest absolute Gasteiger partial charge is 0.196 e. The summed E-state index contributed by atoms with van der Waals surface area (Å²) in [6, 6.07) is 0. The zero-order valence-corrected chi connectivity index (χ0v) is 7.78. The molecular formula is C5H11Cl2N3. The first-order valence-corrected chi connectivity index (χ1v) is 3.21. The number of halogens is 2. The lowest BCUT2D eigenvalue weighted by Crippen LogP contribution is -2.36. The van der Waals surface area contributed by atoms with Gasteiger partial charge in [0.1, 0.15) is 5.84 Å². The Morgan fingerprint density at radius 1 is 1.50 bits per heavy atom. The average Bonchev–Trinajstić information content (AvgIpc) is 1.98. The monoisotopic (exact) mass is 183 g/mol. The summed E-state index contributed by atoms with van der Waals surface area (Å²) in [6.07, 6.45) is 0. The van der Waals surface area contributed by atoms with Crippen LogP contribution >= 0.6 is 24.0 Å². The van der Waals surface area contributed by atoms with Gasteiger partial charge in [-0.15, -0.1) is 12.4 Å². The summed E-state index contributed by atoms with van der Waals surface area (Å²) in [6.45, 7) is 1.93. The topological polar surface area (TPSA) is 18.8 Å². The van der Waals surface area contributed by atoms with Crippen LogP contribution < -0.4 is 0 Å². The molecule has 1 unspecified atom stereocenters. The van der Waals surface area contributed by atoms with E-state index in [1.165, 1.54) is 0 Å². The Kier molecular flexibility index (Phi) is 3.42. The number of hydrogen-bond acceptors (Lipinski definition) is 3. The fraction of sp³-hybridized carbons (Fsp3) is 0.800. The lowest BCUT2D eigenvalue weighted by Gasteiger charge is -2.22. The molecule has 1 heterocycles. The summed E-state index contributed by atoms with van der Waals surface area (Å²) in [4.78, 5) is 4.08. The second-order valence-electron chi connectivity index (χ2n) is 2.08. The predicted octanol–water partition coefficient (Wildman–Crippen LogP) is 1.14. The molecule has 0 N–H and O–H groups in total. The number of hydrogen-bond donors (Lipinski definition) is 0. The number of alkyl halides is 1. The molecule has 5 heteroatoms. The molecule has 1 rings (SSSR count). The standard InChI is InChI=1S/C5H10ClN3.ClH/c1-4-7-5(6)9(3)8(4)2;/h5H,1-3H3;1H. The molecule has 3 nitrogen and oxygen atoms in total. The van der Waals surface area contributed by atoms with Crippen LogP contribution in [-0.2, 0) is 0 Å². The van der Waals surface area contributed by atoms with E-state index in [4.69, 9.17) is 11.6 Å². The van der Waals surface area contributed by atoms with Crippen molar-refractivity contribution >= 4 is 29.8 Å². The highest BCUT2D eigenvalue weighted by Crippen LogP contribution is 2.14. The molecule has 0 aliphatic carbocycles. The van der Waals surface area contributed by atoms with Gasteiger partial charge in [0.25, 0.3) is 0 Å². The van der Waals surface area contributed by atoms with Gasteiger partial charge in [0, 0.05) is 14.1 Å². The molecule has 0 aromatic rings. The van der Waals surface area contributed by atoms with Crippen LogP contribution in [0.15, 0.2) is 4.99 Å². The van der Waals surface area contributed by atoms with Gasteiger partial charge in [-0.25, -0.2) is 4.99 Å². The van der Waals surface area contributed by atoms with Crippen molar-refractivity contribution in [3.05, 3.63) is 0 Å². The Hall–Kier alpha value is 0.01000. The van der Waals surface area contributed by atoms with Crippen LogP contribution in [0.5, 0.6) is 0 Å². The highest BCUT2D eigenvalue weighted by Gasteiger charge is 2.22. The van der Waals surface area contributed by atoms with Crippen LogP contribution in [0.2, 0.25) is 0 Å². The van der Waals surface area contributed by atoms with Gasteiger partial charge in [0.05, 0.1) is 0 Å². The van der Waals surface area contributed by atoms with Crippen molar-refractivity contribution in [1.82, 2.24) is 10.0 Å². The molecule has 1 atom stereocenters. The van der Waals surface area contributed by atoms with Gasteiger partial charge >= 0.3 is 0 Å². The predicted molar refractivity (Wildman–Crippen MR) is 45.5 cm³/mol. The largest absolute Gasteiger partial charge is 0.294 e. The zero-order valence-electron chi connectivity index (χ0n) is 6.21. The number of hydrazine groups is 1. The highest BCUT2D eigenvalue weighted by molar-refractivity contribution is 6.21. The first-order valence-electron chi connectivity index (χ1n) is 2.78. The molecule has 60 valence electrons. The van der Waals surface area contributed by atoms with E-state index in [9.17, 15) is 0 Å². The van der Waals surface area contributed by atoms with Crippen molar-refractivity contribution in [3.63, 3.8) is 0 Å². The van der Waals surface area contributed by atoms with E-state index in [0.29, 0.717) is 0 Å². The molecule has 0 saturated carbocycles. The number of aliphatic imine (C=N–C) groups is 1. The second-order valence-corrected chi connectivity index (χ2v) is 2.47. The summed E-state index contributed by atoms with van der Waals surface area (Å²) in [7, 11) is 3.83. The quantitative estimate of drug-likeness (QED) is 0.415. The number of amidine groups is 1. The molecule has 0 aromatic heterocycles. The minimum Gasteiger partial charge on any atom is -0.294 e. The maximum atomic E-state index is 5.75. The summed E-state index contributed by atoms with van der Waals surface area (Å²) in [5.41, 5.74) is -0.213. The lowest BCUT2D eigenvalue weighted by atomic mass is 10.7. The van der Waals surface area contributed by atoms with Gasteiger partial charge < -0.3 is 0 Å². The van der Waals surface area contributed by atoms with Gasteiger partial charge in [-0.05, 0) is 6.92 Å².